The molecule has 0 aromatic carbocycles. The molecular weight excluding hydrogens is 154 g/mol. The van der Waals surface area contributed by atoms with Gasteiger partial charge in [-0.15, -0.1) is 0 Å². The summed E-state index contributed by atoms with van der Waals surface area (Å²) in [4.78, 5) is 0. The van der Waals surface area contributed by atoms with Gasteiger partial charge in [0.25, 0.3) is 0 Å². The van der Waals surface area contributed by atoms with Gasteiger partial charge in [0.2, 0.25) is 0 Å². The molecule has 7 heavy (non-hydrogen) atoms. The van der Waals surface area contributed by atoms with Crippen molar-refractivity contribution in [3.05, 3.63) is 0 Å². The van der Waals surface area contributed by atoms with Crippen LogP contribution in [-0.4, -0.2) is 15.0 Å². The molecule has 0 atom stereocenters. The molecule has 0 saturated carbocycles. The normalized spacial score (nSPS) is 3.57. The standard InChI is InChI=1S/Na.3H2O.2O.V.H/h;3*1H2;;;;/q+1;;;;;;+1;-1/p-1. The van der Waals surface area contributed by atoms with E-state index in [0.717, 1.165) is 0 Å². The maximum absolute atomic E-state index is 8.67. The Bertz CT molecular complexity index is 60.8. The van der Waals surface area contributed by atoms with Crippen LogP contribution in [-0.2, 0) is 22.7 Å². The van der Waals surface area contributed by atoms with Crippen LogP contribution in [0.5, 0.6) is 0 Å². The molecule has 0 radical (unpaired) electrons. The van der Waals surface area contributed by atoms with Crippen molar-refractivity contribution in [1.82, 2.24) is 0 Å². The van der Waals surface area contributed by atoms with Crippen molar-refractivity contribution >= 4 is 0 Å². The minimum atomic E-state index is -3.69. The van der Waals surface area contributed by atoms with Crippen LogP contribution in [0.4, 0.5) is 0 Å². The van der Waals surface area contributed by atoms with E-state index >= 15 is 0 Å². The summed E-state index contributed by atoms with van der Waals surface area (Å²) in [6.45, 7) is 0. The van der Waals surface area contributed by atoms with Crippen LogP contribution in [0.15, 0.2) is 0 Å². The fraction of sp³-hybridized carbons (Fsp3) is 0. The Morgan fingerprint density at radius 3 is 1.29 bits per heavy atom. The first-order chi connectivity index (χ1) is 1.73. The van der Waals surface area contributed by atoms with Gasteiger partial charge < -0.3 is 12.4 Å². The number of rotatable bonds is 0. The molecule has 0 fully saturated rings. The molecule has 0 spiro atoms. The Kier molecular flexibility index (Phi) is 54.7. The number of hydrogen-bond donors (Lipinski definition) is 1. The molecule has 0 unspecified atom stereocenters. The van der Waals surface area contributed by atoms with Crippen molar-refractivity contribution < 1.29 is 68.7 Å². The molecule has 7 heteroatoms. The Hall–Kier alpha value is 1.06. The molecule has 0 amide bonds. The molecule has 5 N–H and O–H groups in total. The van der Waals surface area contributed by atoms with Gasteiger partial charge in [0.1, 0.15) is 0 Å². The average Bonchev–Trinajstić information content (AvgIpc) is 0.811. The monoisotopic (exact) mass is 160 g/mol. The third kappa shape index (κ3) is 160. The Morgan fingerprint density at radius 2 is 1.29 bits per heavy atom. The van der Waals surface area contributed by atoms with Crippen LogP contribution in [0.1, 0.15) is 1.43 Å². The summed E-state index contributed by atoms with van der Waals surface area (Å²) in [6, 6.07) is 0. The van der Waals surface area contributed by atoms with Crippen molar-refractivity contribution in [2.45, 2.75) is 0 Å². The van der Waals surface area contributed by atoms with Gasteiger partial charge in [-0.05, 0) is 0 Å². The van der Waals surface area contributed by atoms with E-state index in [-0.39, 0.29) is 41.9 Å². The zero-order valence-corrected chi connectivity index (χ0v) is 7.11. The Balaban J connectivity index is -0.00000000750. The van der Waals surface area contributed by atoms with Crippen LogP contribution in [0, 0.1) is 0 Å². The predicted octanol–water partition coefficient (Wildman–Crippen LogP) is -5.33. The second-order valence-corrected chi connectivity index (χ2v) is 0.981. The van der Waals surface area contributed by atoms with Crippen LogP contribution in [0.25, 0.3) is 0 Å². The molecule has 0 saturated heterocycles. The summed E-state index contributed by atoms with van der Waals surface area (Å²) in [6.07, 6.45) is 0. The van der Waals surface area contributed by atoms with Crippen LogP contribution in [0.2, 0.25) is 0 Å². The van der Waals surface area contributed by atoms with E-state index in [0.29, 0.717) is 0 Å². The quantitative estimate of drug-likeness (QED) is 0.356. The van der Waals surface area contributed by atoms with E-state index in [2.05, 4.69) is 0 Å². The first-order valence-corrected chi connectivity index (χ1v) is 2.33. The molecule has 0 aliphatic rings. The zero-order chi connectivity index (χ0) is 3.58. The van der Waals surface area contributed by atoms with E-state index in [4.69, 9.17) is 11.4 Å². The van der Waals surface area contributed by atoms with Gasteiger partial charge in [-0.3, -0.25) is 0 Å². The number of hydrogen-bond acceptors (Lipinski definition) is 2. The molecule has 0 heterocycles. The summed E-state index contributed by atoms with van der Waals surface area (Å²) >= 11 is -3.69. The van der Waals surface area contributed by atoms with Gasteiger partial charge in [-0.25, -0.2) is 0 Å². The second-order valence-electron chi connectivity index (χ2n) is 0.238. The van der Waals surface area contributed by atoms with Crippen LogP contribution in [0.3, 0.4) is 0 Å². The predicted molar refractivity (Wildman–Crippen MR) is 11.9 cm³/mol. The molecular formula is H6NaO5V. The fourth-order valence-electron chi connectivity index (χ4n) is 0. The van der Waals surface area contributed by atoms with Gasteiger partial charge >= 0.3 is 56.3 Å². The van der Waals surface area contributed by atoms with Crippen molar-refractivity contribution in [2.75, 3.05) is 0 Å². The van der Waals surface area contributed by atoms with Gasteiger partial charge in [0, 0.05) is 0 Å². The van der Waals surface area contributed by atoms with Crippen LogP contribution < -0.4 is 29.6 Å². The summed E-state index contributed by atoms with van der Waals surface area (Å²) < 4.78 is 24.4. The molecule has 0 aromatic rings. The Morgan fingerprint density at radius 1 is 1.29 bits per heavy atom. The molecule has 42 valence electrons. The molecule has 0 aliphatic heterocycles. The summed E-state index contributed by atoms with van der Waals surface area (Å²) in [5.41, 5.74) is 0. The first kappa shape index (κ1) is 24.4. The van der Waals surface area contributed by atoms with Crippen molar-refractivity contribution in [2.24, 2.45) is 0 Å². The minimum absolute atomic E-state index is 0. The third-order valence-corrected chi connectivity index (χ3v) is 0. The zero-order valence-electron chi connectivity index (χ0n) is 4.71. The molecule has 0 aromatic heterocycles. The molecule has 0 bridgehead atoms. The topological polar surface area (TPSA) is 117 Å². The van der Waals surface area contributed by atoms with Crippen molar-refractivity contribution in [1.29, 1.82) is 0 Å². The molecule has 0 aliphatic carbocycles. The van der Waals surface area contributed by atoms with Crippen LogP contribution >= 0.6 is 0 Å². The van der Waals surface area contributed by atoms with E-state index in [1.165, 1.54) is 0 Å². The second kappa shape index (κ2) is 15.7. The van der Waals surface area contributed by atoms with E-state index in [1.807, 2.05) is 0 Å². The van der Waals surface area contributed by atoms with Crippen molar-refractivity contribution in [3.63, 3.8) is 0 Å². The molecule has 5 nitrogen and oxygen atoms in total. The van der Waals surface area contributed by atoms with Gasteiger partial charge in [0.05, 0.1) is 0 Å². The van der Waals surface area contributed by atoms with E-state index < -0.39 is 15.4 Å². The average molecular weight is 160 g/mol. The van der Waals surface area contributed by atoms with Gasteiger partial charge in [-0.1, -0.05) is 0 Å². The Labute approximate surface area is 68.5 Å². The third-order valence-electron chi connectivity index (χ3n) is 0. The van der Waals surface area contributed by atoms with E-state index in [1.54, 1.807) is 0 Å². The molecule has 0 rings (SSSR count). The van der Waals surface area contributed by atoms with Crippen molar-refractivity contribution in [3.8, 4) is 0 Å². The summed E-state index contributed by atoms with van der Waals surface area (Å²) in [5, 5.41) is 0. The maximum atomic E-state index is 8.67. The van der Waals surface area contributed by atoms with E-state index in [9.17, 15) is 0 Å². The summed E-state index contributed by atoms with van der Waals surface area (Å²) in [7, 11) is 0. The summed E-state index contributed by atoms with van der Waals surface area (Å²) in [5.74, 6) is 0. The fourth-order valence-corrected chi connectivity index (χ4v) is 0. The van der Waals surface area contributed by atoms with Gasteiger partial charge in [0.15, 0.2) is 0 Å². The first-order valence-electron chi connectivity index (χ1n) is 0.565. The van der Waals surface area contributed by atoms with Gasteiger partial charge in [-0.2, -0.15) is 0 Å². The SMILES string of the molecule is O.O.[H-].[Na+].[O]=[V](=[O])[OH].